The van der Waals surface area contributed by atoms with Crippen LogP contribution >= 0.6 is 11.8 Å². The van der Waals surface area contributed by atoms with Crippen LogP contribution in [0.15, 0.2) is 59.5 Å². The van der Waals surface area contributed by atoms with Gasteiger partial charge in [-0.05, 0) is 24.6 Å². The van der Waals surface area contributed by atoms with E-state index in [4.69, 9.17) is 5.73 Å². The van der Waals surface area contributed by atoms with Gasteiger partial charge in [-0.15, -0.1) is 11.8 Å². The lowest BCUT2D eigenvalue weighted by atomic mass is 10.1. The molecule has 5 nitrogen and oxygen atoms in total. The number of thioether (sulfide) groups is 1. The fraction of sp³-hybridized carbons (Fsp3) is 0.222. The van der Waals surface area contributed by atoms with Gasteiger partial charge in [-0.3, -0.25) is 9.59 Å². The Bertz CT molecular complexity index is 692. The van der Waals surface area contributed by atoms with E-state index in [1.165, 1.54) is 11.8 Å². The summed E-state index contributed by atoms with van der Waals surface area (Å²) in [5.74, 6) is -0.347. The van der Waals surface area contributed by atoms with E-state index in [2.05, 4.69) is 10.6 Å². The normalized spacial score (nSPS) is 11.7. The molecule has 2 amide bonds. The van der Waals surface area contributed by atoms with E-state index in [0.717, 1.165) is 10.5 Å². The Balaban J connectivity index is 1.89. The van der Waals surface area contributed by atoms with E-state index in [-0.39, 0.29) is 30.2 Å². The zero-order chi connectivity index (χ0) is 17.4. The van der Waals surface area contributed by atoms with Gasteiger partial charge in [-0.2, -0.15) is 0 Å². The number of hydrogen-bond acceptors (Lipinski definition) is 4. The van der Waals surface area contributed by atoms with E-state index in [9.17, 15) is 9.59 Å². The summed E-state index contributed by atoms with van der Waals surface area (Å²) in [4.78, 5) is 23.9. The minimum atomic E-state index is -0.389. The van der Waals surface area contributed by atoms with Crippen molar-refractivity contribution in [3.8, 4) is 0 Å². The van der Waals surface area contributed by atoms with E-state index >= 15 is 0 Å². The Labute approximate surface area is 146 Å². The average Bonchev–Trinajstić information content (AvgIpc) is 2.59. The summed E-state index contributed by atoms with van der Waals surface area (Å²) in [6, 6.07) is 17.4. The zero-order valence-electron chi connectivity index (χ0n) is 13.5. The summed E-state index contributed by atoms with van der Waals surface area (Å²) < 4.78 is 0. The van der Waals surface area contributed by atoms with E-state index in [1.54, 1.807) is 0 Å². The van der Waals surface area contributed by atoms with Crippen molar-refractivity contribution in [1.82, 2.24) is 5.32 Å². The summed E-state index contributed by atoms with van der Waals surface area (Å²) in [6.45, 7) is 2.21. The second-order valence-electron chi connectivity index (χ2n) is 5.31. The van der Waals surface area contributed by atoms with Gasteiger partial charge in [0.2, 0.25) is 11.8 Å². The standard InChI is InChI=1S/C18H21N3O2S/c1-13(14-7-3-2-4-8-14)20-11-18(23)21-15-9-5-6-10-16(15)24-12-17(19)22/h2-10,13,20H,11-12H2,1H3,(H2,19,22)(H,21,23)/t13-/m1/s1. The summed E-state index contributed by atoms with van der Waals surface area (Å²) in [5, 5.41) is 6.06. The number of nitrogens with one attached hydrogen (secondary N) is 2. The maximum Gasteiger partial charge on any atom is 0.238 e. The molecule has 0 aliphatic carbocycles. The lowest BCUT2D eigenvalue weighted by Crippen LogP contribution is -2.30. The van der Waals surface area contributed by atoms with Gasteiger partial charge in [-0.1, -0.05) is 42.5 Å². The maximum absolute atomic E-state index is 12.2. The summed E-state index contributed by atoms with van der Waals surface area (Å²) in [6.07, 6.45) is 0. The molecular weight excluding hydrogens is 322 g/mol. The van der Waals surface area contributed by atoms with Gasteiger partial charge >= 0.3 is 0 Å². The summed E-state index contributed by atoms with van der Waals surface area (Å²) in [5.41, 5.74) is 6.98. The molecule has 0 aliphatic rings. The van der Waals surface area contributed by atoms with Crippen molar-refractivity contribution < 1.29 is 9.59 Å². The lowest BCUT2D eigenvalue weighted by molar-refractivity contribution is -0.116. The third-order valence-electron chi connectivity index (χ3n) is 3.40. The quantitative estimate of drug-likeness (QED) is 0.643. The minimum Gasteiger partial charge on any atom is -0.369 e. The second-order valence-corrected chi connectivity index (χ2v) is 6.33. The largest absolute Gasteiger partial charge is 0.369 e. The third kappa shape index (κ3) is 5.72. The number of primary amides is 1. The third-order valence-corrected chi connectivity index (χ3v) is 4.50. The highest BCUT2D eigenvalue weighted by molar-refractivity contribution is 8.00. The average molecular weight is 343 g/mol. The molecule has 2 rings (SSSR count). The number of para-hydroxylation sites is 1. The molecule has 0 heterocycles. The van der Waals surface area contributed by atoms with Crippen molar-refractivity contribution in [1.29, 1.82) is 0 Å². The van der Waals surface area contributed by atoms with Gasteiger partial charge in [-0.25, -0.2) is 0 Å². The first-order valence-corrected chi connectivity index (χ1v) is 8.63. The van der Waals surface area contributed by atoms with Gasteiger partial charge in [0.25, 0.3) is 0 Å². The van der Waals surface area contributed by atoms with Gasteiger partial charge in [0.05, 0.1) is 18.0 Å². The van der Waals surface area contributed by atoms with Crippen LogP contribution in [0.2, 0.25) is 0 Å². The number of carbonyl (C=O) groups excluding carboxylic acids is 2. The highest BCUT2D eigenvalue weighted by atomic mass is 32.2. The smallest absolute Gasteiger partial charge is 0.238 e. The molecule has 0 aromatic heterocycles. The van der Waals surface area contributed by atoms with Crippen LogP contribution in [0, 0.1) is 0 Å². The minimum absolute atomic E-state index is 0.0800. The monoisotopic (exact) mass is 343 g/mol. The summed E-state index contributed by atoms with van der Waals surface area (Å²) >= 11 is 1.31. The van der Waals surface area contributed by atoms with Gasteiger partial charge in [0.15, 0.2) is 0 Å². The number of amides is 2. The lowest BCUT2D eigenvalue weighted by Gasteiger charge is -2.15. The number of carbonyl (C=O) groups is 2. The second kappa shape index (κ2) is 9.10. The van der Waals surface area contributed by atoms with E-state index in [1.807, 2.05) is 61.5 Å². The molecule has 0 radical (unpaired) electrons. The molecule has 24 heavy (non-hydrogen) atoms. The molecule has 0 unspecified atom stereocenters. The molecule has 0 bridgehead atoms. The van der Waals surface area contributed by atoms with Crippen LogP contribution in [0.1, 0.15) is 18.5 Å². The van der Waals surface area contributed by atoms with E-state index < -0.39 is 0 Å². The highest BCUT2D eigenvalue weighted by Crippen LogP contribution is 2.26. The van der Waals surface area contributed by atoms with Crippen LogP contribution in [0.3, 0.4) is 0 Å². The molecule has 0 saturated carbocycles. The molecule has 126 valence electrons. The van der Waals surface area contributed by atoms with Crippen molar-refractivity contribution in [2.75, 3.05) is 17.6 Å². The first-order chi connectivity index (χ1) is 11.6. The maximum atomic E-state index is 12.2. The van der Waals surface area contributed by atoms with Crippen LogP contribution in [-0.2, 0) is 9.59 Å². The molecule has 0 spiro atoms. The Morgan fingerprint density at radius 3 is 2.46 bits per heavy atom. The van der Waals surface area contributed by atoms with Crippen molar-refractivity contribution in [3.05, 3.63) is 60.2 Å². The Hall–Kier alpha value is -2.31. The van der Waals surface area contributed by atoms with E-state index in [0.29, 0.717) is 5.69 Å². The van der Waals surface area contributed by atoms with Crippen molar-refractivity contribution >= 4 is 29.3 Å². The Morgan fingerprint density at radius 2 is 1.75 bits per heavy atom. The Kier molecular flexibility index (Phi) is 6.84. The van der Waals surface area contributed by atoms with Crippen LogP contribution in [-0.4, -0.2) is 24.1 Å². The number of nitrogens with two attached hydrogens (primary N) is 1. The van der Waals surface area contributed by atoms with Gasteiger partial charge in [0, 0.05) is 10.9 Å². The van der Waals surface area contributed by atoms with Gasteiger partial charge < -0.3 is 16.4 Å². The molecule has 0 aliphatic heterocycles. The zero-order valence-corrected chi connectivity index (χ0v) is 14.3. The Morgan fingerprint density at radius 1 is 1.08 bits per heavy atom. The first kappa shape index (κ1) is 18.0. The topological polar surface area (TPSA) is 84.2 Å². The summed E-state index contributed by atoms with van der Waals surface area (Å²) in [7, 11) is 0. The fourth-order valence-corrected chi connectivity index (χ4v) is 2.89. The number of rotatable bonds is 8. The van der Waals surface area contributed by atoms with Crippen LogP contribution in [0.4, 0.5) is 5.69 Å². The molecule has 0 saturated heterocycles. The van der Waals surface area contributed by atoms with Crippen molar-refractivity contribution in [3.63, 3.8) is 0 Å². The van der Waals surface area contributed by atoms with Crippen LogP contribution in [0.25, 0.3) is 0 Å². The van der Waals surface area contributed by atoms with Crippen LogP contribution < -0.4 is 16.4 Å². The fourth-order valence-electron chi connectivity index (χ4n) is 2.14. The first-order valence-electron chi connectivity index (χ1n) is 7.64. The number of benzene rings is 2. The van der Waals surface area contributed by atoms with Crippen LogP contribution in [0.5, 0.6) is 0 Å². The van der Waals surface area contributed by atoms with Crippen molar-refractivity contribution in [2.24, 2.45) is 5.73 Å². The predicted octanol–water partition coefficient (Wildman–Crippen LogP) is 2.55. The van der Waals surface area contributed by atoms with Crippen molar-refractivity contribution in [2.45, 2.75) is 17.9 Å². The predicted molar refractivity (Wildman–Crippen MR) is 97.8 cm³/mol. The SMILES string of the molecule is C[C@@H](NCC(=O)Nc1ccccc1SCC(N)=O)c1ccccc1. The number of hydrogen-bond donors (Lipinski definition) is 3. The number of anilines is 1. The molecular formula is C18H21N3O2S. The molecule has 2 aromatic rings. The van der Waals surface area contributed by atoms with Gasteiger partial charge in [0.1, 0.15) is 0 Å². The molecule has 1 atom stereocenters. The molecule has 0 fully saturated rings. The molecule has 6 heteroatoms. The molecule has 4 N–H and O–H groups in total. The highest BCUT2D eigenvalue weighted by Gasteiger charge is 2.10. The molecule has 2 aromatic carbocycles.